The number of hydrogen-bond donors (Lipinski definition) is 3. The molecule has 0 spiro atoms. The van der Waals surface area contributed by atoms with E-state index in [4.69, 9.17) is 0 Å². The topological polar surface area (TPSA) is 120 Å². The molecule has 0 radical (unpaired) electrons. The Kier molecular flexibility index (Phi) is 11.4. The smallest absolute Gasteiger partial charge is 0.269 e. The summed E-state index contributed by atoms with van der Waals surface area (Å²) in [6.07, 6.45) is 3.63. The van der Waals surface area contributed by atoms with Crippen LogP contribution in [0.5, 0.6) is 0 Å². The van der Waals surface area contributed by atoms with E-state index < -0.39 is 0 Å². The Morgan fingerprint density at radius 3 is 2.25 bits per heavy atom. The van der Waals surface area contributed by atoms with E-state index in [1.165, 1.54) is 29.2 Å². The summed E-state index contributed by atoms with van der Waals surface area (Å²) in [7, 11) is 0. The molecule has 1 aromatic heterocycles. The first kappa shape index (κ1) is 34.1. The van der Waals surface area contributed by atoms with Crippen LogP contribution in [0.15, 0.2) is 91.0 Å². The van der Waals surface area contributed by atoms with Crippen LogP contribution in [0.4, 0.5) is 11.4 Å². The number of nitrogens with zero attached hydrogens (tertiary/aromatic N) is 2. The molecule has 0 saturated heterocycles. The molecule has 0 aliphatic rings. The maximum Gasteiger partial charge on any atom is 0.269 e. The van der Waals surface area contributed by atoms with E-state index in [0.29, 0.717) is 5.69 Å². The van der Waals surface area contributed by atoms with Crippen LogP contribution in [-0.4, -0.2) is 46.3 Å². The average Bonchev–Trinajstić information content (AvgIpc) is 3.42. The van der Waals surface area contributed by atoms with Crippen molar-refractivity contribution in [2.24, 2.45) is 0 Å². The summed E-state index contributed by atoms with van der Waals surface area (Å²) in [5.41, 5.74) is 9.94. The molecule has 248 valence electrons. The van der Waals surface area contributed by atoms with E-state index in [9.17, 15) is 19.7 Å². The number of aromatic nitrogens is 1. The predicted molar refractivity (Wildman–Crippen MR) is 192 cm³/mol. The van der Waals surface area contributed by atoms with Crippen molar-refractivity contribution < 1.29 is 14.5 Å². The third kappa shape index (κ3) is 9.39. The Morgan fingerprint density at radius 2 is 1.56 bits per heavy atom. The minimum absolute atomic E-state index is 0.0835. The fourth-order valence-electron chi connectivity index (χ4n) is 6.19. The molecular formula is C39H43N5O4. The molecule has 0 atom stereocenters. The SMILES string of the molecule is CC(=O)NCC(=O)Nc1ccc2[nH]c(-c3cc(C)cc(C)c3)c(CCN(CCCCc3ccc([N+](=O)[O-])cc3)Cc3ccccc3)c2c1. The maximum absolute atomic E-state index is 12.5. The highest BCUT2D eigenvalue weighted by atomic mass is 16.6. The van der Waals surface area contributed by atoms with E-state index in [2.05, 4.69) is 76.8 Å². The second-order valence-electron chi connectivity index (χ2n) is 12.5. The second-order valence-corrected chi connectivity index (χ2v) is 12.5. The van der Waals surface area contributed by atoms with Crippen molar-refractivity contribution in [1.82, 2.24) is 15.2 Å². The number of H-pyrrole nitrogens is 1. The number of carbonyl (C=O) groups excluding carboxylic acids is 2. The third-order valence-corrected chi connectivity index (χ3v) is 8.46. The zero-order chi connectivity index (χ0) is 34.0. The Bertz CT molecular complexity index is 1860. The molecule has 0 saturated carbocycles. The van der Waals surface area contributed by atoms with E-state index in [-0.39, 0.29) is 29.0 Å². The van der Waals surface area contributed by atoms with Gasteiger partial charge in [-0.1, -0.05) is 59.7 Å². The third-order valence-electron chi connectivity index (χ3n) is 8.46. The van der Waals surface area contributed by atoms with Crippen LogP contribution in [-0.2, 0) is 29.0 Å². The highest BCUT2D eigenvalue weighted by Crippen LogP contribution is 2.34. The summed E-state index contributed by atoms with van der Waals surface area (Å²) in [6.45, 7) is 8.09. The average molecular weight is 646 g/mol. The highest BCUT2D eigenvalue weighted by Gasteiger charge is 2.17. The highest BCUT2D eigenvalue weighted by molar-refractivity contribution is 5.98. The minimum Gasteiger partial charge on any atom is -0.354 e. The number of unbranched alkanes of at least 4 members (excludes halogenated alkanes) is 1. The van der Waals surface area contributed by atoms with Crippen LogP contribution < -0.4 is 10.6 Å². The summed E-state index contributed by atoms with van der Waals surface area (Å²) in [4.78, 5) is 40.7. The fraction of sp³-hybridized carbons (Fsp3) is 0.282. The number of fused-ring (bicyclic) bond motifs is 1. The molecule has 9 heteroatoms. The number of benzene rings is 4. The van der Waals surface area contributed by atoms with Gasteiger partial charge in [0.15, 0.2) is 0 Å². The quantitative estimate of drug-likeness (QED) is 0.0619. The summed E-state index contributed by atoms with van der Waals surface area (Å²) in [5, 5.41) is 17.6. The normalized spacial score (nSPS) is 11.2. The predicted octanol–water partition coefficient (Wildman–Crippen LogP) is 7.50. The van der Waals surface area contributed by atoms with Gasteiger partial charge >= 0.3 is 0 Å². The lowest BCUT2D eigenvalue weighted by Crippen LogP contribution is -2.31. The van der Waals surface area contributed by atoms with Gasteiger partial charge in [-0.2, -0.15) is 0 Å². The van der Waals surface area contributed by atoms with Gasteiger partial charge < -0.3 is 15.6 Å². The van der Waals surface area contributed by atoms with Gasteiger partial charge in [0.2, 0.25) is 11.8 Å². The molecule has 0 aliphatic carbocycles. The number of nitro benzene ring substituents is 1. The van der Waals surface area contributed by atoms with Crippen LogP contribution >= 0.6 is 0 Å². The Balaban J connectivity index is 1.38. The maximum atomic E-state index is 12.5. The number of anilines is 1. The number of rotatable bonds is 15. The Labute approximate surface area is 281 Å². The summed E-state index contributed by atoms with van der Waals surface area (Å²) >= 11 is 0. The molecule has 5 rings (SSSR count). The van der Waals surface area contributed by atoms with Crippen LogP contribution in [0.25, 0.3) is 22.2 Å². The van der Waals surface area contributed by atoms with Crippen molar-refractivity contribution in [2.45, 2.75) is 53.0 Å². The zero-order valence-corrected chi connectivity index (χ0v) is 27.8. The van der Waals surface area contributed by atoms with Gasteiger partial charge in [0, 0.05) is 54.4 Å². The molecule has 3 N–H and O–H groups in total. The number of nitro groups is 1. The molecule has 0 unspecified atom stereocenters. The molecule has 0 bridgehead atoms. The van der Waals surface area contributed by atoms with E-state index in [1.807, 2.05) is 36.4 Å². The Hall–Kier alpha value is -5.28. The molecule has 48 heavy (non-hydrogen) atoms. The van der Waals surface area contributed by atoms with Crippen LogP contribution in [0.2, 0.25) is 0 Å². The Morgan fingerprint density at radius 1 is 0.833 bits per heavy atom. The lowest BCUT2D eigenvalue weighted by molar-refractivity contribution is -0.384. The summed E-state index contributed by atoms with van der Waals surface area (Å²) in [6, 6.07) is 29.8. The number of aryl methyl sites for hydroxylation is 3. The number of non-ortho nitro benzene ring substituents is 1. The van der Waals surface area contributed by atoms with Gasteiger partial charge in [0.1, 0.15) is 0 Å². The molecular weight excluding hydrogens is 602 g/mol. The van der Waals surface area contributed by atoms with Crippen molar-refractivity contribution in [2.75, 3.05) is 25.0 Å². The molecule has 0 fully saturated rings. The molecule has 2 amide bonds. The minimum atomic E-state index is -0.365. The summed E-state index contributed by atoms with van der Waals surface area (Å²) in [5.74, 6) is -0.531. The number of nitrogens with one attached hydrogen (secondary N) is 3. The standard InChI is InChI=1S/C39H43N5O4/c1-27-21-28(2)23-32(22-27)39-35(36-24-33(14-17-37(36)42-39)41-38(46)25-40-29(3)45)18-20-43(26-31-10-5-4-6-11-31)19-8-7-9-30-12-15-34(16-13-30)44(47)48/h4-6,10-17,21-24,42H,7-9,18-20,25-26H2,1-3H3,(H,40,45)(H,41,46). The van der Waals surface area contributed by atoms with Crippen molar-refractivity contribution in [3.63, 3.8) is 0 Å². The molecule has 9 nitrogen and oxygen atoms in total. The molecule has 4 aromatic carbocycles. The van der Waals surface area contributed by atoms with Gasteiger partial charge in [-0.15, -0.1) is 0 Å². The lowest BCUT2D eigenvalue weighted by atomic mass is 9.99. The fourth-order valence-corrected chi connectivity index (χ4v) is 6.19. The van der Waals surface area contributed by atoms with Crippen LogP contribution in [0, 0.1) is 24.0 Å². The molecule has 5 aromatic rings. The zero-order valence-electron chi connectivity index (χ0n) is 27.8. The van der Waals surface area contributed by atoms with Gasteiger partial charge in [-0.3, -0.25) is 24.6 Å². The van der Waals surface area contributed by atoms with Crippen LogP contribution in [0.3, 0.4) is 0 Å². The van der Waals surface area contributed by atoms with Crippen molar-refractivity contribution in [1.29, 1.82) is 0 Å². The van der Waals surface area contributed by atoms with Crippen molar-refractivity contribution in [3.8, 4) is 11.3 Å². The van der Waals surface area contributed by atoms with E-state index in [0.717, 1.165) is 73.0 Å². The van der Waals surface area contributed by atoms with Gasteiger partial charge in [0.25, 0.3) is 5.69 Å². The first-order valence-corrected chi connectivity index (χ1v) is 16.4. The van der Waals surface area contributed by atoms with Gasteiger partial charge in [-0.25, -0.2) is 0 Å². The summed E-state index contributed by atoms with van der Waals surface area (Å²) < 4.78 is 0. The number of amides is 2. The molecule has 0 aliphatic heterocycles. The number of aromatic amines is 1. The second kappa shape index (κ2) is 16.0. The number of carbonyl (C=O) groups is 2. The van der Waals surface area contributed by atoms with E-state index in [1.54, 1.807) is 12.1 Å². The lowest BCUT2D eigenvalue weighted by Gasteiger charge is -2.23. The molecule has 1 heterocycles. The van der Waals surface area contributed by atoms with Gasteiger partial charge in [0.05, 0.1) is 11.5 Å². The monoisotopic (exact) mass is 645 g/mol. The first-order chi connectivity index (χ1) is 23.1. The van der Waals surface area contributed by atoms with Crippen molar-refractivity contribution in [3.05, 3.63) is 129 Å². The van der Waals surface area contributed by atoms with E-state index >= 15 is 0 Å². The first-order valence-electron chi connectivity index (χ1n) is 16.4. The van der Waals surface area contributed by atoms with Crippen LogP contribution in [0.1, 0.15) is 47.6 Å². The number of hydrogen-bond acceptors (Lipinski definition) is 5. The van der Waals surface area contributed by atoms with Crippen molar-refractivity contribution >= 4 is 34.1 Å². The largest absolute Gasteiger partial charge is 0.354 e. The van der Waals surface area contributed by atoms with Gasteiger partial charge in [-0.05, 0) is 98.7 Å².